The third kappa shape index (κ3) is 4.19. The number of aryl methyl sites for hydroxylation is 1. The zero-order valence-corrected chi connectivity index (χ0v) is 18.6. The average molecular weight is 439 g/mol. The molecule has 4 aromatic rings. The minimum atomic E-state index is -0.160. The number of fused-ring (bicyclic) bond motifs is 2. The fraction of sp³-hybridized carbons (Fsp3) is 0.250. The zero-order valence-electron chi connectivity index (χ0n) is 17.0. The van der Waals surface area contributed by atoms with Crippen molar-refractivity contribution in [2.45, 2.75) is 26.8 Å². The number of benzene rings is 3. The van der Waals surface area contributed by atoms with Gasteiger partial charge in [0.2, 0.25) is 0 Å². The number of nitrogens with zero attached hydrogens (tertiary/aromatic N) is 2. The topological polar surface area (TPSA) is 43.6 Å². The summed E-state index contributed by atoms with van der Waals surface area (Å²) < 4.78 is 8.67. The third-order valence-corrected chi connectivity index (χ3v) is 6.59. The second-order valence-corrected chi connectivity index (χ2v) is 8.49. The fourth-order valence-electron chi connectivity index (χ4n) is 3.66. The summed E-state index contributed by atoms with van der Waals surface area (Å²) in [5, 5.41) is 2.92. The molecular formula is C24H23ClN2O2S. The number of carbonyl (C=O) groups excluding carboxylic acids is 1. The van der Waals surface area contributed by atoms with E-state index in [9.17, 15) is 4.79 Å². The maximum Gasteiger partial charge on any atom is 0.252 e. The Kier molecular flexibility index (Phi) is 6.32. The SMILES string of the molecule is CCOCCn1c(=NC(=O)Cc2cccc3ccccc23)sc2ccc(Cl)c(C)c21. The van der Waals surface area contributed by atoms with Crippen LogP contribution in [0.3, 0.4) is 0 Å². The Labute approximate surface area is 184 Å². The summed E-state index contributed by atoms with van der Waals surface area (Å²) in [7, 11) is 0. The first-order valence-corrected chi connectivity index (χ1v) is 11.2. The van der Waals surface area contributed by atoms with Crippen molar-refractivity contribution in [3.63, 3.8) is 0 Å². The molecule has 4 nitrogen and oxygen atoms in total. The molecule has 0 bridgehead atoms. The standard InChI is InChI=1S/C24H23ClN2O2S/c1-3-29-14-13-27-23-16(2)20(25)11-12-21(23)30-24(27)26-22(28)15-18-9-6-8-17-7-4-5-10-19(17)18/h4-12H,3,13-15H2,1-2H3. The monoisotopic (exact) mass is 438 g/mol. The van der Waals surface area contributed by atoms with Crippen LogP contribution >= 0.6 is 22.9 Å². The summed E-state index contributed by atoms with van der Waals surface area (Å²) in [4.78, 5) is 18.1. The van der Waals surface area contributed by atoms with Crippen LogP contribution in [0.5, 0.6) is 0 Å². The van der Waals surface area contributed by atoms with Crippen LogP contribution in [0.2, 0.25) is 5.02 Å². The Hall–Kier alpha value is -2.47. The molecule has 3 aromatic carbocycles. The number of rotatable bonds is 6. The minimum Gasteiger partial charge on any atom is -0.380 e. The van der Waals surface area contributed by atoms with E-state index in [1.807, 2.05) is 56.3 Å². The second-order valence-electron chi connectivity index (χ2n) is 7.07. The van der Waals surface area contributed by atoms with Crippen LogP contribution in [0.4, 0.5) is 0 Å². The summed E-state index contributed by atoms with van der Waals surface area (Å²) in [6.07, 6.45) is 0.265. The number of hydrogen-bond donors (Lipinski definition) is 0. The Bertz CT molecular complexity index is 1280. The number of thiazole rings is 1. The second kappa shape index (κ2) is 9.13. The van der Waals surface area contributed by atoms with Crippen molar-refractivity contribution in [1.29, 1.82) is 0 Å². The Morgan fingerprint density at radius 1 is 1.13 bits per heavy atom. The number of amides is 1. The summed E-state index contributed by atoms with van der Waals surface area (Å²) in [5.41, 5.74) is 3.00. The highest BCUT2D eigenvalue weighted by atomic mass is 35.5. The van der Waals surface area contributed by atoms with E-state index in [1.165, 1.54) is 11.3 Å². The normalized spacial score (nSPS) is 12.2. The Morgan fingerprint density at radius 2 is 1.93 bits per heavy atom. The molecule has 0 aliphatic rings. The molecule has 6 heteroatoms. The van der Waals surface area contributed by atoms with Crippen LogP contribution in [-0.4, -0.2) is 23.7 Å². The zero-order chi connectivity index (χ0) is 21.1. The van der Waals surface area contributed by atoms with Gasteiger partial charge >= 0.3 is 0 Å². The quantitative estimate of drug-likeness (QED) is 0.372. The maximum absolute atomic E-state index is 12.9. The van der Waals surface area contributed by atoms with Gasteiger partial charge in [0.1, 0.15) is 0 Å². The number of halogens is 1. The molecule has 0 saturated heterocycles. The van der Waals surface area contributed by atoms with Crippen LogP contribution < -0.4 is 4.80 Å². The van der Waals surface area contributed by atoms with Gasteiger partial charge < -0.3 is 9.30 Å². The van der Waals surface area contributed by atoms with Gasteiger partial charge in [-0.1, -0.05) is 65.4 Å². The molecule has 4 rings (SSSR count). The highest BCUT2D eigenvalue weighted by Gasteiger charge is 2.13. The van der Waals surface area contributed by atoms with Crippen molar-refractivity contribution in [3.05, 3.63) is 75.5 Å². The van der Waals surface area contributed by atoms with E-state index < -0.39 is 0 Å². The van der Waals surface area contributed by atoms with Crippen LogP contribution in [0, 0.1) is 6.92 Å². The lowest BCUT2D eigenvalue weighted by atomic mass is 10.0. The van der Waals surface area contributed by atoms with E-state index in [4.69, 9.17) is 16.3 Å². The summed E-state index contributed by atoms with van der Waals surface area (Å²) >= 11 is 7.87. The third-order valence-electron chi connectivity index (χ3n) is 5.14. The first-order valence-electron chi connectivity index (χ1n) is 9.99. The molecule has 30 heavy (non-hydrogen) atoms. The highest BCUT2D eigenvalue weighted by Crippen LogP contribution is 2.27. The lowest BCUT2D eigenvalue weighted by Gasteiger charge is -2.08. The van der Waals surface area contributed by atoms with Gasteiger partial charge in [0.25, 0.3) is 5.91 Å². The Morgan fingerprint density at radius 3 is 2.77 bits per heavy atom. The molecule has 0 fully saturated rings. The fourth-order valence-corrected chi connectivity index (χ4v) is 4.95. The molecular weight excluding hydrogens is 416 g/mol. The van der Waals surface area contributed by atoms with Crippen LogP contribution in [0.1, 0.15) is 18.1 Å². The first kappa shape index (κ1) is 20.8. The van der Waals surface area contributed by atoms with Crippen LogP contribution in [-0.2, 0) is 22.5 Å². The molecule has 0 spiro atoms. The predicted octanol–water partition coefficient (Wildman–Crippen LogP) is 5.52. The molecule has 0 N–H and O–H groups in total. The maximum atomic E-state index is 12.9. The van der Waals surface area contributed by atoms with Gasteiger partial charge in [0, 0.05) is 18.2 Å². The van der Waals surface area contributed by atoms with E-state index in [0.29, 0.717) is 29.6 Å². The van der Waals surface area contributed by atoms with Gasteiger partial charge in [-0.05, 0) is 47.9 Å². The van der Waals surface area contributed by atoms with Crippen molar-refractivity contribution < 1.29 is 9.53 Å². The molecule has 1 heterocycles. The van der Waals surface area contributed by atoms with E-state index in [2.05, 4.69) is 21.7 Å². The average Bonchev–Trinajstić information content (AvgIpc) is 3.09. The Balaban J connectivity index is 1.74. The molecule has 0 aliphatic carbocycles. The van der Waals surface area contributed by atoms with Gasteiger partial charge in [0.05, 0.1) is 23.2 Å². The molecule has 0 radical (unpaired) electrons. The number of ether oxygens (including phenoxy) is 1. The molecule has 154 valence electrons. The van der Waals surface area contributed by atoms with Crippen LogP contribution in [0.15, 0.2) is 59.6 Å². The molecule has 1 amide bonds. The first-order chi connectivity index (χ1) is 14.6. The smallest absolute Gasteiger partial charge is 0.252 e. The number of aromatic nitrogens is 1. The molecule has 0 aliphatic heterocycles. The summed E-state index contributed by atoms with van der Waals surface area (Å²) in [6, 6.07) is 18.0. The van der Waals surface area contributed by atoms with E-state index in [-0.39, 0.29) is 12.3 Å². The van der Waals surface area contributed by atoms with Crippen LogP contribution in [0.25, 0.3) is 21.0 Å². The van der Waals surface area contributed by atoms with E-state index in [1.54, 1.807) is 0 Å². The van der Waals surface area contributed by atoms with Gasteiger partial charge in [-0.25, -0.2) is 0 Å². The largest absolute Gasteiger partial charge is 0.380 e. The molecule has 1 aromatic heterocycles. The summed E-state index contributed by atoms with van der Waals surface area (Å²) in [6.45, 7) is 5.79. The molecule has 0 unspecified atom stereocenters. The number of carbonyl (C=O) groups is 1. The van der Waals surface area contributed by atoms with Crippen molar-refractivity contribution >= 4 is 49.8 Å². The van der Waals surface area contributed by atoms with E-state index >= 15 is 0 Å². The number of hydrogen-bond acceptors (Lipinski definition) is 3. The lowest BCUT2D eigenvalue weighted by molar-refractivity contribution is -0.117. The van der Waals surface area contributed by atoms with Gasteiger partial charge in [-0.2, -0.15) is 4.99 Å². The van der Waals surface area contributed by atoms with Gasteiger partial charge in [0.15, 0.2) is 4.80 Å². The minimum absolute atomic E-state index is 0.160. The molecule has 0 atom stereocenters. The van der Waals surface area contributed by atoms with Crippen molar-refractivity contribution in [3.8, 4) is 0 Å². The lowest BCUT2D eigenvalue weighted by Crippen LogP contribution is -2.20. The van der Waals surface area contributed by atoms with Crippen molar-refractivity contribution in [1.82, 2.24) is 4.57 Å². The predicted molar refractivity (Wildman–Crippen MR) is 124 cm³/mol. The molecule has 0 saturated carbocycles. The van der Waals surface area contributed by atoms with E-state index in [0.717, 1.165) is 32.1 Å². The van der Waals surface area contributed by atoms with Crippen molar-refractivity contribution in [2.24, 2.45) is 4.99 Å². The van der Waals surface area contributed by atoms with Gasteiger partial charge in [-0.15, -0.1) is 0 Å². The van der Waals surface area contributed by atoms with Gasteiger partial charge in [-0.3, -0.25) is 4.79 Å². The summed E-state index contributed by atoms with van der Waals surface area (Å²) in [5.74, 6) is -0.160. The highest BCUT2D eigenvalue weighted by molar-refractivity contribution is 7.16. The van der Waals surface area contributed by atoms with Crippen molar-refractivity contribution in [2.75, 3.05) is 13.2 Å².